The number of hydrogen-bond donors (Lipinski definition) is 0. The summed E-state index contributed by atoms with van der Waals surface area (Å²) in [6.45, 7) is 0. The van der Waals surface area contributed by atoms with Gasteiger partial charge in [0.05, 0.1) is 4.88 Å². The molecule has 0 spiro atoms. The maximum atomic E-state index is 12.2. The van der Waals surface area contributed by atoms with Crippen molar-refractivity contribution in [1.82, 2.24) is 9.97 Å². The summed E-state index contributed by atoms with van der Waals surface area (Å²) in [5.74, 6) is 0. The Morgan fingerprint density at radius 3 is 2.71 bits per heavy atom. The van der Waals surface area contributed by atoms with Crippen molar-refractivity contribution in [2.45, 2.75) is 6.43 Å². The topological polar surface area (TPSA) is 25.8 Å². The Morgan fingerprint density at radius 2 is 2.14 bits per heavy atom. The molecule has 0 aromatic carbocycles. The van der Waals surface area contributed by atoms with Gasteiger partial charge in [0, 0.05) is 24.2 Å². The lowest BCUT2D eigenvalue weighted by molar-refractivity contribution is 0.151. The lowest BCUT2D eigenvalue weighted by atomic mass is 10.3. The highest BCUT2D eigenvalue weighted by Gasteiger charge is 2.12. The maximum Gasteiger partial charge on any atom is 0.289 e. The maximum absolute atomic E-state index is 12.2. The Kier molecular flexibility index (Phi) is 2.49. The van der Waals surface area contributed by atoms with Gasteiger partial charge >= 0.3 is 0 Å². The van der Waals surface area contributed by atoms with Crippen molar-refractivity contribution >= 4 is 11.3 Å². The third-order valence-corrected chi connectivity index (χ3v) is 2.71. The molecule has 72 valence electrons. The van der Waals surface area contributed by atoms with Gasteiger partial charge < -0.3 is 0 Å². The molecule has 0 N–H and O–H groups in total. The van der Waals surface area contributed by atoms with Gasteiger partial charge in [-0.15, -0.1) is 11.3 Å². The van der Waals surface area contributed by atoms with E-state index in [4.69, 9.17) is 0 Å². The standard InChI is InChI=1S/C9H6F2N2S/c10-8(11)9-13-5-7(14-9)6-2-1-3-12-4-6/h1-5,8H. The Labute approximate surface area is 83.3 Å². The van der Waals surface area contributed by atoms with E-state index in [1.54, 1.807) is 18.5 Å². The van der Waals surface area contributed by atoms with Crippen molar-refractivity contribution in [3.8, 4) is 10.4 Å². The molecule has 2 nitrogen and oxygen atoms in total. The fourth-order valence-electron chi connectivity index (χ4n) is 1.03. The molecule has 14 heavy (non-hydrogen) atoms. The Morgan fingerprint density at radius 1 is 1.29 bits per heavy atom. The van der Waals surface area contributed by atoms with Gasteiger partial charge in [0.1, 0.15) is 0 Å². The minimum atomic E-state index is -2.49. The van der Waals surface area contributed by atoms with Crippen molar-refractivity contribution in [1.29, 1.82) is 0 Å². The van der Waals surface area contributed by atoms with Crippen LogP contribution in [0.5, 0.6) is 0 Å². The van der Waals surface area contributed by atoms with Gasteiger partial charge in [-0.05, 0) is 6.07 Å². The fourth-order valence-corrected chi connectivity index (χ4v) is 1.79. The summed E-state index contributed by atoms with van der Waals surface area (Å²) in [7, 11) is 0. The van der Waals surface area contributed by atoms with Gasteiger partial charge in [0.25, 0.3) is 6.43 Å². The average Bonchev–Trinajstić information content (AvgIpc) is 2.68. The SMILES string of the molecule is FC(F)c1ncc(-c2cccnc2)s1. The summed E-state index contributed by atoms with van der Waals surface area (Å²) < 4.78 is 24.5. The van der Waals surface area contributed by atoms with Gasteiger partial charge in [0.15, 0.2) is 5.01 Å². The van der Waals surface area contributed by atoms with Gasteiger partial charge in [-0.2, -0.15) is 0 Å². The number of nitrogens with zero attached hydrogens (tertiary/aromatic N) is 2. The van der Waals surface area contributed by atoms with Crippen LogP contribution in [0, 0.1) is 0 Å². The highest BCUT2D eigenvalue weighted by Crippen LogP contribution is 2.30. The zero-order valence-corrected chi connectivity index (χ0v) is 7.84. The van der Waals surface area contributed by atoms with Gasteiger partial charge in [0.2, 0.25) is 0 Å². The van der Waals surface area contributed by atoms with E-state index in [0.29, 0.717) is 4.88 Å². The molecule has 0 amide bonds. The minimum absolute atomic E-state index is 0.149. The van der Waals surface area contributed by atoms with E-state index in [1.165, 1.54) is 6.20 Å². The number of rotatable bonds is 2. The Bertz CT molecular complexity index is 414. The minimum Gasteiger partial charge on any atom is -0.264 e. The number of hydrogen-bond acceptors (Lipinski definition) is 3. The molecule has 0 fully saturated rings. The van der Waals surface area contributed by atoms with E-state index in [1.807, 2.05) is 6.07 Å². The lowest BCUT2D eigenvalue weighted by Gasteiger charge is -1.92. The van der Waals surface area contributed by atoms with Crippen molar-refractivity contribution in [2.24, 2.45) is 0 Å². The van der Waals surface area contributed by atoms with E-state index in [9.17, 15) is 8.78 Å². The molecule has 0 aliphatic rings. The van der Waals surface area contributed by atoms with Gasteiger partial charge in [-0.25, -0.2) is 13.8 Å². The van der Waals surface area contributed by atoms with Crippen LogP contribution in [0.15, 0.2) is 30.7 Å². The molecule has 0 radical (unpaired) electrons. The first-order chi connectivity index (χ1) is 6.77. The molecule has 0 atom stereocenters. The second kappa shape index (κ2) is 3.79. The third kappa shape index (κ3) is 1.77. The van der Waals surface area contributed by atoms with E-state index in [0.717, 1.165) is 16.9 Å². The van der Waals surface area contributed by atoms with Crippen LogP contribution in [0.25, 0.3) is 10.4 Å². The highest BCUT2D eigenvalue weighted by molar-refractivity contribution is 7.15. The van der Waals surface area contributed by atoms with Crippen molar-refractivity contribution < 1.29 is 8.78 Å². The zero-order chi connectivity index (χ0) is 9.97. The quantitative estimate of drug-likeness (QED) is 0.764. The molecule has 0 aliphatic heterocycles. The molecule has 0 bridgehead atoms. The molecule has 2 aromatic heterocycles. The molecule has 2 rings (SSSR count). The van der Waals surface area contributed by atoms with Crippen molar-refractivity contribution in [3.05, 3.63) is 35.7 Å². The lowest BCUT2D eigenvalue weighted by Crippen LogP contribution is -1.77. The summed E-state index contributed by atoms with van der Waals surface area (Å²) >= 11 is 0.993. The predicted molar refractivity (Wildman–Crippen MR) is 50.3 cm³/mol. The van der Waals surface area contributed by atoms with Crippen LogP contribution in [0.4, 0.5) is 8.78 Å². The largest absolute Gasteiger partial charge is 0.289 e. The summed E-state index contributed by atoms with van der Waals surface area (Å²) in [6.07, 6.45) is 2.22. The van der Waals surface area contributed by atoms with E-state index in [-0.39, 0.29) is 5.01 Å². The van der Waals surface area contributed by atoms with Crippen molar-refractivity contribution in [2.75, 3.05) is 0 Å². The molecule has 0 unspecified atom stereocenters. The number of halogens is 2. The smallest absolute Gasteiger partial charge is 0.264 e. The van der Waals surface area contributed by atoms with Crippen LogP contribution < -0.4 is 0 Å². The first-order valence-corrected chi connectivity index (χ1v) is 4.73. The highest BCUT2D eigenvalue weighted by atomic mass is 32.1. The summed E-state index contributed by atoms with van der Waals surface area (Å²) in [4.78, 5) is 8.26. The molecule has 0 saturated heterocycles. The summed E-state index contributed by atoms with van der Waals surface area (Å²) in [5.41, 5.74) is 0.817. The number of thiazole rings is 1. The number of pyridine rings is 1. The van der Waals surface area contributed by atoms with Crippen LogP contribution in [0.1, 0.15) is 11.4 Å². The average molecular weight is 212 g/mol. The van der Waals surface area contributed by atoms with E-state index < -0.39 is 6.43 Å². The van der Waals surface area contributed by atoms with E-state index in [2.05, 4.69) is 9.97 Å². The monoisotopic (exact) mass is 212 g/mol. The Hall–Kier alpha value is -1.36. The normalized spacial score (nSPS) is 10.8. The van der Waals surface area contributed by atoms with Crippen LogP contribution in [-0.2, 0) is 0 Å². The predicted octanol–water partition coefficient (Wildman–Crippen LogP) is 3.14. The second-order valence-electron chi connectivity index (χ2n) is 2.61. The van der Waals surface area contributed by atoms with Crippen LogP contribution in [0.3, 0.4) is 0 Å². The first kappa shape index (κ1) is 9.21. The van der Waals surface area contributed by atoms with Crippen LogP contribution >= 0.6 is 11.3 Å². The first-order valence-electron chi connectivity index (χ1n) is 3.91. The van der Waals surface area contributed by atoms with E-state index >= 15 is 0 Å². The van der Waals surface area contributed by atoms with Crippen LogP contribution in [0.2, 0.25) is 0 Å². The molecular formula is C9H6F2N2S. The molecule has 2 aromatic rings. The van der Waals surface area contributed by atoms with Gasteiger partial charge in [-0.3, -0.25) is 4.98 Å². The fraction of sp³-hybridized carbons (Fsp3) is 0.111. The van der Waals surface area contributed by atoms with Gasteiger partial charge in [-0.1, -0.05) is 6.07 Å². The molecule has 0 aliphatic carbocycles. The second-order valence-corrected chi connectivity index (χ2v) is 3.67. The number of alkyl halides is 2. The zero-order valence-electron chi connectivity index (χ0n) is 7.02. The summed E-state index contributed by atoms with van der Waals surface area (Å²) in [6, 6.07) is 3.58. The van der Waals surface area contributed by atoms with Crippen molar-refractivity contribution in [3.63, 3.8) is 0 Å². The molecule has 2 heterocycles. The Balaban J connectivity index is 2.34. The molecule has 0 saturated carbocycles. The molecular weight excluding hydrogens is 206 g/mol. The van der Waals surface area contributed by atoms with Crippen LogP contribution in [-0.4, -0.2) is 9.97 Å². The summed E-state index contributed by atoms with van der Waals surface area (Å²) in [5, 5.41) is -0.149. The third-order valence-electron chi connectivity index (χ3n) is 1.66. The molecule has 5 heteroatoms. The number of aromatic nitrogens is 2.